The minimum Gasteiger partial charge on any atom is -0.496 e. The van der Waals surface area contributed by atoms with Crippen molar-refractivity contribution in [1.82, 2.24) is 4.90 Å². The fraction of sp³-hybridized carbons (Fsp3) is 0.462. The number of alkyl halides is 1. The van der Waals surface area contributed by atoms with E-state index >= 15 is 0 Å². The fourth-order valence-corrected chi connectivity index (χ4v) is 1.89. The third-order valence-corrected chi connectivity index (χ3v) is 3.80. The number of hydrogen-bond acceptors (Lipinski definition) is 2. The summed E-state index contributed by atoms with van der Waals surface area (Å²) in [6.07, 6.45) is 0. The highest BCUT2D eigenvalue weighted by Crippen LogP contribution is 2.20. The molecule has 1 amide bonds. The predicted molar refractivity (Wildman–Crippen MR) is 73.1 cm³/mol. The molecule has 1 aromatic rings. The molecule has 0 aliphatic heterocycles. The summed E-state index contributed by atoms with van der Waals surface area (Å²) in [6.45, 7) is 3.95. The van der Waals surface area contributed by atoms with Crippen LogP contribution >= 0.6 is 15.9 Å². The maximum Gasteiger partial charge on any atom is 0.253 e. The summed E-state index contributed by atoms with van der Waals surface area (Å²) in [5, 5.41) is 0.762. The van der Waals surface area contributed by atoms with Gasteiger partial charge in [0.05, 0.1) is 7.11 Å². The quantitative estimate of drug-likeness (QED) is 0.800. The van der Waals surface area contributed by atoms with E-state index in [1.165, 1.54) is 0 Å². The molecule has 0 aliphatic rings. The lowest BCUT2D eigenvalue weighted by Crippen LogP contribution is -2.36. The number of nitrogens with zero attached hydrogens (tertiary/aromatic N) is 1. The van der Waals surface area contributed by atoms with Crippen LogP contribution in [0.2, 0.25) is 0 Å². The van der Waals surface area contributed by atoms with Crippen LogP contribution in [0.5, 0.6) is 5.75 Å². The van der Waals surface area contributed by atoms with Gasteiger partial charge in [-0.3, -0.25) is 4.79 Å². The molecule has 3 nitrogen and oxygen atoms in total. The molecule has 1 atom stereocenters. The van der Waals surface area contributed by atoms with Crippen molar-refractivity contribution in [2.75, 3.05) is 19.5 Å². The van der Waals surface area contributed by atoms with Gasteiger partial charge in [-0.25, -0.2) is 0 Å². The van der Waals surface area contributed by atoms with Crippen LogP contribution in [0, 0.1) is 6.92 Å². The van der Waals surface area contributed by atoms with Crippen LogP contribution in [0.25, 0.3) is 0 Å². The highest BCUT2D eigenvalue weighted by Gasteiger charge is 2.17. The van der Waals surface area contributed by atoms with E-state index in [9.17, 15) is 4.79 Å². The smallest absolute Gasteiger partial charge is 0.253 e. The lowest BCUT2D eigenvalue weighted by Gasteiger charge is -2.23. The average molecular weight is 300 g/mol. The topological polar surface area (TPSA) is 29.5 Å². The molecule has 0 fully saturated rings. The van der Waals surface area contributed by atoms with Crippen molar-refractivity contribution in [1.29, 1.82) is 0 Å². The molecule has 0 N–H and O–H groups in total. The molecule has 0 aliphatic carbocycles. The van der Waals surface area contributed by atoms with Gasteiger partial charge in [0.2, 0.25) is 0 Å². The zero-order valence-corrected chi connectivity index (χ0v) is 12.2. The van der Waals surface area contributed by atoms with Gasteiger partial charge < -0.3 is 9.64 Å². The first-order valence-corrected chi connectivity index (χ1v) is 6.61. The summed E-state index contributed by atoms with van der Waals surface area (Å²) in [5.41, 5.74) is 1.68. The van der Waals surface area contributed by atoms with E-state index in [2.05, 4.69) is 15.9 Å². The number of hydrogen-bond donors (Lipinski definition) is 0. The Balaban J connectivity index is 2.96. The highest BCUT2D eigenvalue weighted by atomic mass is 79.9. The van der Waals surface area contributed by atoms with Crippen LogP contribution in [0.1, 0.15) is 22.8 Å². The number of rotatable bonds is 4. The second-order valence-electron chi connectivity index (χ2n) is 4.10. The first-order valence-electron chi connectivity index (χ1n) is 5.49. The Bertz CT molecular complexity index is 406. The van der Waals surface area contributed by atoms with E-state index in [0.717, 1.165) is 16.6 Å². The molecule has 1 rings (SSSR count). The highest BCUT2D eigenvalue weighted by molar-refractivity contribution is 9.09. The Hall–Kier alpha value is -1.03. The van der Waals surface area contributed by atoms with Crippen LogP contribution in [0.3, 0.4) is 0 Å². The molecular weight excluding hydrogens is 282 g/mol. The maximum absolute atomic E-state index is 12.2. The molecule has 0 heterocycles. The van der Waals surface area contributed by atoms with Crippen LogP contribution in [-0.2, 0) is 0 Å². The van der Waals surface area contributed by atoms with Gasteiger partial charge in [-0.05, 0) is 31.5 Å². The summed E-state index contributed by atoms with van der Waals surface area (Å²) in [7, 11) is 3.42. The van der Waals surface area contributed by atoms with Crippen LogP contribution in [0.4, 0.5) is 0 Å². The number of benzene rings is 1. The molecule has 0 aromatic heterocycles. The molecular formula is C13H18BrNO2. The van der Waals surface area contributed by atoms with Gasteiger partial charge in [0.25, 0.3) is 5.91 Å². The van der Waals surface area contributed by atoms with Crippen molar-refractivity contribution in [3.63, 3.8) is 0 Å². The monoisotopic (exact) mass is 299 g/mol. The van der Waals surface area contributed by atoms with Crippen molar-refractivity contribution >= 4 is 21.8 Å². The lowest BCUT2D eigenvalue weighted by atomic mass is 10.1. The second kappa shape index (κ2) is 6.05. The summed E-state index contributed by atoms with van der Waals surface area (Å²) in [5.74, 6) is 0.756. The van der Waals surface area contributed by atoms with Crippen molar-refractivity contribution < 1.29 is 9.53 Å². The van der Waals surface area contributed by atoms with Crippen LogP contribution in [-0.4, -0.2) is 36.3 Å². The van der Waals surface area contributed by atoms with Gasteiger partial charge >= 0.3 is 0 Å². The Morgan fingerprint density at radius 2 is 2.18 bits per heavy atom. The molecule has 0 bridgehead atoms. The number of ether oxygens (including phenoxy) is 1. The average Bonchev–Trinajstić information content (AvgIpc) is 2.36. The van der Waals surface area contributed by atoms with E-state index in [1.807, 2.05) is 26.0 Å². The zero-order valence-electron chi connectivity index (χ0n) is 10.7. The van der Waals surface area contributed by atoms with Crippen LogP contribution in [0.15, 0.2) is 18.2 Å². The van der Waals surface area contributed by atoms with Crippen molar-refractivity contribution in [3.8, 4) is 5.75 Å². The number of amides is 1. The molecule has 0 saturated heterocycles. The van der Waals surface area contributed by atoms with Gasteiger partial charge in [0.15, 0.2) is 0 Å². The fourth-order valence-electron chi connectivity index (χ4n) is 1.46. The Kier molecular flexibility index (Phi) is 5.00. The number of methoxy groups -OCH3 is 1. The minimum atomic E-state index is 0.00949. The number of carbonyl (C=O) groups is 1. The summed E-state index contributed by atoms with van der Waals surface area (Å²) in [4.78, 5) is 13.9. The standard InChI is InChI=1S/C13H18BrNO2/c1-9-5-6-11(7-12(9)17-4)13(16)15(3)10(2)8-14/h5-7,10H,8H2,1-4H3. The largest absolute Gasteiger partial charge is 0.496 e. The Labute approximate surface area is 111 Å². The van der Waals surface area contributed by atoms with Gasteiger partial charge in [-0.15, -0.1) is 0 Å². The number of halogens is 1. The normalized spacial score (nSPS) is 12.1. The van der Waals surface area contributed by atoms with E-state index in [1.54, 1.807) is 25.1 Å². The van der Waals surface area contributed by atoms with Gasteiger partial charge in [-0.2, -0.15) is 0 Å². The van der Waals surface area contributed by atoms with Gasteiger partial charge in [0.1, 0.15) is 5.75 Å². The molecule has 94 valence electrons. The van der Waals surface area contributed by atoms with E-state index < -0.39 is 0 Å². The van der Waals surface area contributed by atoms with Crippen molar-refractivity contribution in [3.05, 3.63) is 29.3 Å². The molecule has 0 saturated carbocycles. The summed E-state index contributed by atoms with van der Waals surface area (Å²) in [6, 6.07) is 5.68. The minimum absolute atomic E-state index is 0.00949. The molecule has 1 unspecified atom stereocenters. The molecule has 17 heavy (non-hydrogen) atoms. The van der Waals surface area contributed by atoms with Gasteiger partial charge in [-0.1, -0.05) is 22.0 Å². The first-order chi connectivity index (χ1) is 8.01. The predicted octanol–water partition coefficient (Wildman–Crippen LogP) is 2.86. The molecule has 0 spiro atoms. The van der Waals surface area contributed by atoms with Crippen LogP contribution < -0.4 is 4.74 Å². The van der Waals surface area contributed by atoms with E-state index in [4.69, 9.17) is 4.74 Å². The number of aryl methyl sites for hydroxylation is 1. The second-order valence-corrected chi connectivity index (χ2v) is 4.75. The van der Waals surface area contributed by atoms with Crippen molar-refractivity contribution in [2.45, 2.75) is 19.9 Å². The van der Waals surface area contributed by atoms with Gasteiger partial charge in [0, 0.05) is 24.0 Å². The first kappa shape index (κ1) is 14.0. The van der Waals surface area contributed by atoms with Crippen molar-refractivity contribution in [2.24, 2.45) is 0 Å². The number of carbonyl (C=O) groups excluding carboxylic acids is 1. The summed E-state index contributed by atoms with van der Waals surface area (Å²) >= 11 is 3.38. The van der Waals surface area contributed by atoms with E-state index in [-0.39, 0.29) is 11.9 Å². The Morgan fingerprint density at radius 3 is 2.71 bits per heavy atom. The molecule has 4 heteroatoms. The third kappa shape index (κ3) is 3.22. The zero-order chi connectivity index (χ0) is 13.0. The lowest BCUT2D eigenvalue weighted by molar-refractivity contribution is 0.0758. The molecule has 1 aromatic carbocycles. The maximum atomic E-state index is 12.2. The molecule has 0 radical (unpaired) electrons. The van der Waals surface area contributed by atoms with E-state index in [0.29, 0.717) is 5.56 Å². The third-order valence-electron chi connectivity index (χ3n) is 2.86. The SMILES string of the molecule is COc1cc(C(=O)N(C)C(C)CBr)ccc1C. The Morgan fingerprint density at radius 1 is 1.53 bits per heavy atom. The summed E-state index contributed by atoms with van der Waals surface area (Å²) < 4.78 is 5.22.